The standard InChI is InChI=1S/C13H20N4O2S/c1-6(5-7(2)18)15-12(19)11-10(14)9-8(3)16-17(4)13(9)20-11/h6-7,18H,5,14H2,1-4H3,(H,15,19). The highest BCUT2D eigenvalue weighted by Gasteiger charge is 2.22. The van der Waals surface area contributed by atoms with Gasteiger partial charge in [-0.2, -0.15) is 5.10 Å². The Hall–Kier alpha value is -1.60. The smallest absolute Gasteiger partial charge is 0.263 e. The summed E-state index contributed by atoms with van der Waals surface area (Å²) in [5.41, 5.74) is 7.39. The molecule has 2 rings (SSSR count). The number of anilines is 1. The van der Waals surface area contributed by atoms with Gasteiger partial charge in [0.1, 0.15) is 9.71 Å². The quantitative estimate of drug-likeness (QED) is 0.795. The minimum Gasteiger partial charge on any atom is -0.397 e. The molecule has 2 aromatic heterocycles. The zero-order chi connectivity index (χ0) is 15.0. The van der Waals surface area contributed by atoms with Gasteiger partial charge >= 0.3 is 0 Å². The van der Waals surface area contributed by atoms with Gasteiger partial charge in [-0.1, -0.05) is 0 Å². The van der Waals surface area contributed by atoms with Gasteiger partial charge < -0.3 is 16.2 Å². The Morgan fingerprint density at radius 3 is 2.75 bits per heavy atom. The number of nitrogens with zero attached hydrogens (tertiary/aromatic N) is 2. The van der Waals surface area contributed by atoms with Crippen molar-refractivity contribution in [2.24, 2.45) is 7.05 Å². The predicted molar refractivity (Wildman–Crippen MR) is 81.0 cm³/mol. The van der Waals surface area contributed by atoms with Gasteiger partial charge in [0.15, 0.2) is 0 Å². The number of thiophene rings is 1. The summed E-state index contributed by atoms with van der Waals surface area (Å²) in [6, 6.07) is -0.105. The van der Waals surface area contributed by atoms with Gasteiger partial charge in [0, 0.05) is 13.1 Å². The molecule has 0 aliphatic rings. The number of hydrogen-bond donors (Lipinski definition) is 3. The predicted octanol–water partition coefficient (Wildman–Crippen LogP) is 1.41. The van der Waals surface area contributed by atoms with E-state index in [9.17, 15) is 9.90 Å². The van der Waals surface area contributed by atoms with Crippen LogP contribution >= 0.6 is 11.3 Å². The molecule has 2 unspecified atom stereocenters. The summed E-state index contributed by atoms with van der Waals surface area (Å²) in [6.07, 6.45) is 0.0633. The lowest BCUT2D eigenvalue weighted by atomic mass is 10.1. The summed E-state index contributed by atoms with van der Waals surface area (Å²) in [5.74, 6) is -0.198. The maximum absolute atomic E-state index is 12.3. The molecule has 2 heterocycles. The fourth-order valence-electron chi connectivity index (χ4n) is 2.36. The van der Waals surface area contributed by atoms with Gasteiger partial charge in [-0.15, -0.1) is 11.3 Å². The van der Waals surface area contributed by atoms with Crippen molar-refractivity contribution < 1.29 is 9.90 Å². The van der Waals surface area contributed by atoms with E-state index in [0.717, 1.165) is 15.9 Å². The van der Waals surface area contributed by atoms with Crippen molar-refractivity contribution in [3.05, 3.63) is 10.6 Å². The van der Waals surface area contributed by atoms with Crippen LogP contribution in [0.15, 0.2) is 0 Å². The van der Waals surface area contributed by atoms with Crippen molar-refractivity contribution >= 4 is 33.1 Å². The number of carbonyl (C=O) groups excluding carboxylic acids is 1. The molecule has 4 N–H and O–H groups in total. The molecule has 2 atom stereocenters. The van der Waals surface area contributed by atoms with E-state index in [-0.39, 0.29) is 11.9 Å². The number of aryl methyl sites for hydroxylation is 2. The Balaban J connectivity index is 2.27. The number of rotatable bonds is 4. The molecule has 110 valence electrons. The average Bonchev–Trinajstić information content (AvgIpc) is 2.78. The van der Waals surface area contributed by atoms with Crippen molar-refractivity contribution in [2.75, 3.05) is 5.73 Å². The summed E-state index contributed by atoms with van der Waals surface area (Å²) in [6.45, 7) is 5.44. The molecule has 0 radical (unpaired) electrons. The third kappa shape index (κ3) is 2.64. The van der Waals surface area contributed by atoms with Crippen molar-refractivity contribution in [3.63, 3.8) is 0 Å². The summed E-state index contributed by atoms with van der Waals surface area (Å²) in [5, 5.41) is 17.3. The maximum atomic E-state index is 12.3. The van der Waals surface area contributed by atoms with Crippen LogP contribution in [0.4, 0.5) is 5.69 Å². The second kappa shape index (κ2) is 5.41. The van der Waals surface area contributed by atoms with E-state index in [4.69, 9.17) is 5.73 Å². The van der Waals surface area contributed by atoms with E-state index in [2.05, 4.69) is 10.4 Å². The van der Waals surface area contributed by atoms with E-state index in [1.54, 1.807) is 11.6 Å². The summed E-state index contributed by atoms with van der Waals surface area (Å²) < 4.78 is 1.74. The first kappa shape index (κ1) is 14.8. The number of hydrogen-bond acceptors (Lipinski definition) is 5. The molecule has 7 heteroatoms. The van der Waals surface area contributed by atoms with E-state index in [0.29, 0.717) is 17.0 Å². The number of aromatic nitrogens is 2. The minimum absolute atomic E-state index is 0.105. The zero-order valence-corrected chi connectivity index (χ0v) is 12.9. The number of nitrogen functional groups attached to an aromatic ring is 1. The molecule has 0 spiro atoms. The highest BCUT2D eigenvalue weighted by molar-refractivity contribution is 7.21. The lowest BCUT2D eigenvalue weighted by Crippen LogP contribution is -2.34. The van der Waals surface area contributed by atoms with Gasteiger partial charge in [0.05, 0.1) is 22.9 Å². The Kier molecular flexibility index (Phi) is 4.01. The highest BCUT2D eigenvalue weighted by Crippen LogP contribution is 2.35. The SMILES string of the molecule is Cc1nn(C)c2sc(C(=O)NC(C)CC(C)O)c(N)c12. The normalized spacial score (nSPS) is 14.4. The fourth-order valence-corrected chi connectivity index (χ4v) is 3.45. The number of fused-ring (bicyclic) bond motifs is 1. The molecular weight excluding hydrogens is 276 g/mol. The van der Waals surface area contributed by atoms with Crippen molar-refractivity contribution in [2.45, 2.75) is 39.3 Å². The highest BCUT2D eigenvalue weighted by atomic mass is 32.1. The van der Waals surface area contributed by atoms with E-state index < -0.39 is 6.10 Å². The zero-order valence-electron chi connectivity index (χ0n) is 12.1. The molecule has 0 aromatic carbocycles. The second-order valence-corrected chi connectivity index (χ2v) is 6.19. The molecule has 1 amide bonds. The Labute approximate surface area is 121 Å². The fraction of sp³-hybridized carbons (Fsp3) is 0.538. The minimum atomic E-state index is -0.448. The Morgan fingerprint density at radius 1 is 1.55 bits per heavy atom. The number of nitrogens with two attached hydrogens (primary N) is 1. The monoisotopic (exact) mass is 296 g/mol. The topological polar surface area (TPSA) is 93.2 Å². The number of aliphatic hydroxyl groups excluding tert-OH is 1. The lowest BCUT2D eigenvalue weighted by Gasteiger charge is -2.14. The molecule has 0 aliphatic heterocycles. The van der Waals surface area contributed by atoms with Crippen LogP contribution in [0.3, 0.4) is 0 Å². The molecule has 2 aromatic rings. The lowest BCUT2D eigenvalue weighted by molar-refractivity contribution is 0.0928. The van der Waals surface area contributed by atoms with Gasteiger partial charge in [-0.25, -0.2) is 0 Å². The maximum Gasteiger partial charge on any atom is 0.263 e. The van der Waals surface area contributed by atoms with Crippen LogP contribution in [0.5, 0.6) is 0 Å². The number of nitrogens with one attached hydrogen (secondary N) is 1. The average molecular weight is 296 g/mol. The first-order valence-electron chi connectivity index (χ1n) is 6.51. The van der Waals surface area contributed by atoms with Crippen molar-refractivity contribution in [1.29, 1.82) is 0 Å². The van der Waals surface area contributed by atoms with Crippen molar-refractivity contribution in [1.82, 2.24) is 15.1 Å². The molecule has 0 saturated heterocycles. The van der Waals surface area contributed by atoms with Crippen LogP contribution in [0, 0.1) is 6.92 Å². The van der Waals surface area contributed by atoms with Gasteiger partial charge in [0.2, 0.25) is 0 Å². The summed E-state index contributed by atoms with van der Waals surface area (Å²) >= 11 is 1.34. The number of amides is 1. The van der Waals surface area contributed by atoms with Crippen molar-refractivity contribution in [3.8, 4) is 0 Å². The van der Waals surface area contributed by atoms with Crippen LogP contribution in [-0.4, -0.2) is 32.9 Å². The van der Waals surface area contributed by atoms with Crippen LogP contribution in [0.25, 0.3) is 10.2 Å². The molecular formula is C13H20N4O2S. The molecule has 0 bridgehead atoms. The summed E-state index contributed by atoms with van der Waals surface area (Å²) in [4.78, 5) is 13.7. The molecule has 20 heavy (non-hydrogen) atoms. The number of aliphatic hydroxyl groups is 1. The second-order valence-electron chi connectivity index (χ2n) is 5.19. The first-order chi connectivity index (χ1) is 9.31. The van der Waals surface area contributed by atoms with Gasteiger partial charge in [-0.05, 0) is 27.2 Å². The van der Waals surface area contributed by atoms with E-state index in [1.807, 2.05) is 20.9 Å². The van der Waals surface area contributed by atoms with E-state index >= 15 is 0 Å². The Bertz CT molecular complexity index is 644. The third-order valence-electron chi connectivity index (χ3n) is 3.16. The van der Waals surface area contributed by atoms with Gasteiger partial charge in [0.25, 0.3) is 5.91 Å². The van der Waals surface area contributed by atoms with Crippen LogP contribution in [0.2, 0.25) is 0 Å². The largest absolute Gasteiger partial charge is 0.397 e. The van der Waals surface area contributed by atoms with Crippen LogP contribution in [-0.2, 0) is 7.05 Å². The van der Waals surface area contributed by atoms with Gasteiger partial charge in [-0.3, -0.25) is 9.48 Å². The first-order valence-corrected chi connectivity index (χ1v) is 7.33. The molecule has 0 saturated carbocycles. The molecule has 0 fully saturated rings. The Morgan fingerprint density at radius 2 is 2.20 bits per heavy atom. The number of carbonyl (C=O) groups is 1. The third-order valence-corrected chi connectivity index (χ3v) is 4.43. The van der Waals surface area contributed by atoms with E-state index in [1.165, 1.54) is 11.3 Å². The van der Waals surface area contributed by atoms with Crippen LogP contribution in [0.1, 0.15) is 35.6 Å². The molecule has 6 nitrogen and oxygen atoms in total. The summed E-state index contributed by atoms with van der Waals surface area (Å²) in [7, 11) is 1.84. The van der Waals surface area contributed by atoms with Crippen LogP contribution < -0.4 is 11.1 Å². The molecule has 0 aliphatic carbocycles.